The van der Waals surface area contributed by atoms with Gasteiger partial charge in [-0.1, -0.05) is 36.4 Å². The molecule has 7 heteroatoms. The molecular formula is C20H16FN3O3. The molecule has 1 N–H and O–H groups in total. The summed E-state index contributed by atoms with van der Waals surface area (Å²) < 4.78 is 15.2. The zero-order valence-corrected chi connectivity index (χ0v) is 14.2. The second kappa shape index (κ2) is 6.68. The Kier molecular flexibility index (Phi) is 4.19. The molecule has 0 radical (unpaired) electrons. The first kappa shape index (κ1) is 17.0. The third-order valence-electron chi connectivity index (χ3n) is 4.72. The van der Waals surface area contributed by atoms with E-state index in [2.05, 4.69) is 5.10 Å². The first-order chi connectivity index (χ1) is 13.0. The molecule has 1 unspecified atom stereocenters. The first-order valence-electron chi connectivity index (χ1n) is 8.44. The number of carbonyl (C=O) groups excluding carboxylic acids is 1. The summed E-state index contributed by atoms with van der Waals surface area (Å²) in [6, 6.07) is 12.6. The van der Waals surface area contributed by atoms with Crippen LogP contribution in [0.4, 0.5) is 4.39 Å². The van der Waals surface area contributed by atoms with E-state index in [1.54, 1.807) is 18.2 Å². The van der Waals surface area contributed by atoms with Gasteiger partial charge in [0.2, 0.25) is 0 Å². The number of benzene rings is 2. The van der Waals surface area contributed by atoms with Crippen molar-refractivity contribution < 1.29 is 19.1 Å². The van der Waals surface area contributed by atoms with E-state index in [0.717, 1.165) is 11.1 Å². The molecule has 1 aliphatic heterocycles. The van der Waals surface area contributed by atoms with E-state index in [0.29, 0.717) is 0 Å². The molecule has 1 aromatic heterocycles. The Hall–Kier alpha value is -3.48. The van der Waals surface area contributed by atoms with Gasteiger partial charge in [-0.25, -0.2) is 13.9 Å². The fourth-order valence-corrected chi connectivity index (χ4v) is 3.33. The van der Waals surface area contributed by atoms with E-state index in [1.807, 2.05) is 24.3 Å². The predicted octanol–water partition coefficient (Wildman–Crippen LogP) is 2.66. The molecular weight excluding hydrogens is 349 g/mol. The number of nitrogens with zero attached hydrogens (tertiary/aromatic N) is 3. The molecule has 0 saturated carbocycles. The molecule has 3 aromatic rings. The monoisotopic (exact) mass is 365 g/mol. The van der Waals surface area contributed by atoms with Crippen LogP contribution in [0.5, 0.6) is 0 Å². The van der Waals surface area contributed by atoms with Crippen molar-refractivity contribution in [3.8, 4) is 5.69 Å². The number of halogens is 1. The zero-order valence-electron chi connectivity index (χ0n) is 14.2. The minimum absolute atomic E-state index is 0.205. The molecule has 0 saturated heterocycles. The lowest BCUT2D eigenvalue weighted by Crippen LogP contribution is -2.48. The maximum Gasteiger partial charge on any atom is 0.326 e. The van der Waals surface area contributed by atoms with Gasteiger partial charge in [0.1, 0.15) is 17.5 Å². The van der Waals surface area contributed by atoms with Crippen molar-refractivity contribution in [3.63, 3.8) is 0 Å². The summed E-state index contributed by atoms with van der Waals surface area (Å²) in [7, 11) is 0. The summed E-state index contributed by atoms with van der Waals surface area (Å²) >= 11 is 0. The van der Waals surface area contributed by atoms with Gasteiger partial charge in [0.05, 0.1) is 11.8 Å². The minimum Gasteiger partial charge on any atom is -0.480 e. The number of fused-ring (bicyclic) bond motifs is 1. The number of hydrogen-bond donors (Lipinski definition) is 1. The van der Waals surface area contributed by atoms with Crippen LogP contribution in [0.2, 0.25) is 0 Å². The second-order valence-electron chi connectivity index (χ2n) is 6.38. The lowest BCUT2D eigenvalue weighted by molar-refractivity contribution is -0.142. The Labute approximate surface area is 154 Å². The molecule has 1 atom stereocenters. The molecule has 6 nitrogen and oxygen atoms in total. The third-order valence-corrected chi connectivity index (χ3v) is 4.72. The van der Waals surface area contributed by atoms with Crippen LogP contribution in [0.25, 0.3) is 5.69 Å². The smallest absolute Gasteiger partial charge is 0.326 e. The standard InChI is InChI=1S/C20H16FN3O3/c21-16-7-3-4-8-17(16)24-12-15(10-22-24)19(25)23-11-14-6-2-1-5-13(14)9-18(23)20(26)27/h1-8,10,12,18H,9,11H2,(H,26,27). The number of rotatable bonds is 3. The van der Waals surface area contributed by atoms with Crippen LogP contribution in [0, 0.1) is 5.82 Å². The van der Waals surface area contributed by atoms with Crippen LogP contribution in [0.15, 0.2) is 60.9 Å². The highest BCUT2D eigenvalue weighted by Crippen LogP contribution is 2.25. The van der Waals surface area contributed by atoms with E-state index in [1.165, 1.54) is 28.0 Å². The quantitative estimate of drug-likeness (QED) is 0.774. The van der Waals surface area contributed by atoms with Crippen LogP contribution in [0.1, 0.15) is 21.5 Å². The maximum atomic E-state index is 13.9. The Bertz CT molecular complexity index is 1030. The molecule has 136 valence electrons. The van der Waals surface area contributed by atoms with Crippen molar-refractivity contribution in [2.24, 2.45) is 0 Å². The van der Waals surface area contributed by atoms with E-state index in [9.17, 15) is 19.1 Å². The van der Waals surface area contributed by atoms with Crippen molar-refractivity contribution in [3.05, 3.63) is 83.4 Å². The van der Waals surface area contributed by atoms with Gasteiger partial charge in [-0.05, 0) is 23.3 Å². The van der Waals surface area contributed by atoms with Crippen LogP contribution in [-0.4, -0.2) is 37.7 Å². The first-order valence-corrected chi connectivity index (χ1v) is 8.44. The van der Waals surface area contributed by atoms with E-state index < -0.39 is 23.7 Å². The molecule has 0 aliphatic carbocycles. The van der Waals surface area contributed by atoms with Gasteiger partial charge >= 0.3 is 5.97 Å². The molecule has 2 aromatic carbocycles. The highest BCUT2D eigenvalue weighted by Gasteiger charge is 2.35. The summed E-state index contributed by atoms with van der Waals surface area (Å²) in [5, 5.41) is 13.6. The summed E-state index contributed by atoms with van der Waals surface area (Å²) in [6.07, 6.45) is 2.99. The van der Waals surface area contributed by atoms with Crippen LogP contribution < -0.4 is 0 Å². The van der Waals surface area contributed by atoms with Gasteiger partial charge in [-0.15, -0.1) is 0 Å². The Morgan fingerprint density at radius 2 is 1.78 bits per heavy atom. The summed E-state index contributed by atoms with van der Waals surface area (Å²) in [6.45, 7) is 0.205. The number of carboxylic acid groups (broad SMARTS) is 1. The predicted molar refractivity (Wildman–Crippen MR) is 95.0 cm³/mol. The van der Waals surface area contributed by atoms with Gasteiger partial charge in [0.15, 0.2) is 0 Å². The molecule has 0 bridgehead atoms. The SMILES string of the molecule is O=C(O)C1Cc2ccccc2CN1C(=O)c1cnn(-c2ccccc2F)c1. The van der Waals surface area contributed by atoms with E-state index >= 15 is 0 Å². The molecule has 0 fully saturated rings. The fraction of sp³-hybridized carbons (Fsp3) is 0.150. The van der Waals surface area contributed by atoms with Crippen molar-refractivity contribution >= 4 is 11.9 Å². The molecule has 2 heterocycles. The number of aromatic nitrogens is 2. The van der Waals surface area contributed by atoms with Crippen molar-refractivity contribution in [1.82, 2.24) is 14.7 Å². The van der Waals surface area contributed by atoms with Gasteiger partial charge in [-0.2, -0.15) is 5.10 Å². The summed E-state index contributed by atoms with van der Waals surface area (Å²) in [4.78, 5) is 26.0. The van der Waals surface area contributed by atoms with Crippen molar-refractivity contribution in [2.45, 2.75) is 19.0 Å². The Morgan fingerprint density at radius 3 is 2.52 bits per heavy atom. The number of aliphatic carboxylic acids is 1. The lowest BCUT2D eigenvalue weighted by Gasteiger charge is -2.34. The van der Waals surface area contributed by atoms with E-state index in [-0.39, 0.29) is 24.2 Å². The third kappa shape index (κ3) is 3.08. The summed E-state index contributed by atoms with van der Waals surface area (Å²) in [5.41, 5.74) is 2.28. The second-order valence-corrected chi connectivity index (χ2v) is 6.38. The van der Waals surface area contributed by atoms with Crippen LogP contribution >= 0.6 is 0 Å². The minimum atomic E-state index is -1.06. The molecule has 0 spiro atoms. The topological polar surface area (TPSA) is 75.4 Å². The molecule has 4 rings (SSSR count). The van der Waals surface area contributed by atoms with Gasteiger partial charge in [0, 0.05) is 19.2 Å². The van der Waals surface area contributed by atoms with Gasteiger partial charge in [-0.3, -0.25) is 4.79 Å². The van der Waals surface area contributed by atoms with Crippen molar-refractivity contribution in [2.75, 3.05) is 0 Å². The largest absolute Gasteiger partial charge is 0.480 e. The average molecular weight is 365 g/mol. The molecule has 1 aliphatic rings. The molecule has 27 heavy (non-hydrogen) atoms. The number of hydrogen-bond acceptors (Lipinski definition) is 3. The Balaban J connectivity index is 1.66. The van der Waals surface area contributed by atoms with Crippen LogP contribution in [-0.2, 0) is 17.8 Å². The normalized spacial score (nSPS) is 16.0. The molecule has 1 amide bonds. The zero-order chi connectivity index (χ0) is 19.0. The Morgan fingerprint density at radius 1 is 1.07 bits per heavy atom. The number of amides is 1. The number of para-hydroxylation sites is 1. The average Bonchev–Trinajstić information content (AvgIpc) is 3.16. The van der Waals surface area contributed by atoms with Crippen molar-refractivity contribution in [1.29, 1.82) is 0 Å². The number of carbonyl (C=O) groups is 2. The van der Waals surface area contributed by atoms with Crippen LogP contribution in [0.3, 0.4) is 0 Å². The van der Waals surface area contributed by atoms with Gasteiger partial charge in [0.25, 0.3) is 5.91 Å². The number of carboxylic acids is 1. The summed E-state index contributed by atoms with van der Waals surface area (Å²) in [5.74, 6) is -1.96. The van der Waals surface area contributed by atoms with E-state index in [4.69, 9.17) is 0 Å². The van der Waals surface area contributed by atoms with Gasteiger partial charge < -0.3 is 10.0 Å². The fourth-order valence-electron chi connectivity index (χ4n) is 3.33. The highest BCUT2D eigenvalue weighted by molar-refractivity contribution is 5.96. The lowest BCUT2D eigenvalue weighted by atomic mass is 9.93. The highest BCUT2D eigenvalue weighted by atomic mass is 19.1. The maximum absolute atomic E-state index is 13.9.